The second kappa shape index (κ2) is 7.70. The standard InChI is InChI=1S/C20H19ClFN3O/c1-14(16-10-6-7-11-17(16)22)24(2)18-12-23-25(20(26)19(18)21)13-15-8-4-3-5-9-15/h3-12,14H,13H2,1-2H3. The van der Waals surface area contributed by atoms with E-state index in [1.165, 1.54) is 10.7 Å². The second-order valence-electron chi connectivity index (χ2n) is 6.10. The molecule has 1 atom stereocenters. The molecule has 1 unspecified atom stereocenters. The molecule has 0 aliphatic heterocycles. The minimum absolute atomic E-state index is 0.0709. The molecule has 134 valence electrons. The fourth-order valence-electron chi connectivity index (χ4n) is 2.80. The molecule has 1 heterocycles. The van der Waals surface area contributed by atoms with Crippen molar-refractivity contribution in [2.75, 3.05) is 11.9 Å². The number of rotatable bonds is 5. The molecule has 0 spiro atoms. The Labute approximate surface area is 156 Å². The van der Waals surface area contributed by atoms with Crippen LogP contribution in [0.3, 0.4) is 0 Å². The Hall–Kier alpha value is -2.66. The maximum atomic E-state index is 14.1. The van der Waals surface area contributed by atoms with Crippen molar-refractivity contribution in [3.05, 3.63) is 93.1 Å². The van der Waals surface area contributed by atoms with E-state index in [0.29, 0.717) is 17.8 Å². The van der Waals surface area contributed by atoms with Crippen molar-refractivity contribution < 1.29 is 4.39 Å². The number of anilines is 1. The SMILES string of the molecule is CC(c1ccccc1F)N(C)c1cnn(Cc2ccccc2)c(=O)c1Cl. The van der Waals surface area contributed by atoms with E-state index in [-0.39, 0.29) is 22.4 Å². The fourth-order valence-corrected chi connectivity index (χ4v) is 3.08. The molecule has 0 N–H and O–H groups in total. The smallest absolute Gasteiger partial charge is 0.287 e. The topological polar surface area (TPSA) is 38.1 Å². The van der Waals surface area contributed by atoms with E-state index >= 15 is 0 Å². The Morgan fingerprint density at radius 1 is 1.15 bits per heavy atom. The van der Waals surface area contributed by atoms with E-state index in [1.54, 1.807) is 36.3 Å². The van der Waals surface area contributed by atoms with Crippen molar-refractivity contribution >= 4 is 17.3 Å². The van der Waals surface area contributed by atoms with Crippen molar-refractivity contribution in [2.24, 2.45) is 0 Å². The molecular weight excluding hydrogens is 353 g/mol. The Morgan fingerprint density at radius 3 is 2.50 bits per heavy atom. The first-order valence-electron chi connectivity index (χ1n) is 8.26. The average molecular weight is 372 g/mol. The van der Waals surface area contributed by atoms with Crippen LogP contribution in [-0.2, 0) is 6.54 Å². The lowest BCUT2D eigenvalue weighted by molar-refractivity contribution is 0.583. The maximum Gasteiger partial charge on any atom is 0.287 e. The largest absolute Gasteiger partial charge is 0.365 e. The summed E-state index contributed by atoms with van der Waals surface area (Å²) >= 11 is 6.32. The second-order valence-corrected chi connectivity index (χ2v) is 6.48. The van der Waals surface area contributed by atoms with Gasteiger partial charge in [-0.1, -0.05) is 60.1 Å². The molecule has 0 amide bonds. The predicted octanol–water partition coefficient (Wildman–Crippen LogP) is 4.28. The van der Waals surface area contributed by atoms with Crippen LogP contribution in [0.5, 0.6) is 0 Å². The molecular formula is C20H19ClFN3O. The van der Waals surface area contributed by atoms with Crippen molar-refractivity contribution in [2.45, 2.75) is 19.5 Å². The molecule has 3 aromatic rings. The van der Waals surface area contributed by atoms with Gasteiger partial charge in [0.1, 0.15) is 10.8 Å². The monoisotopic (exact) mass is 371 g/mol. The van der Waals surface area contributed by atoms with Gasteiger partial charge in [-0.15, -0.1) is 0 Å². The van der Waals surface area contributed by atoms with Crippen LogP contribution < -0.4 is 10.5 Å². The van der Waals surface area contributed by atoms with Gasteiger partial charge in [0, 0.05) is 12.6 Å². The van der Waals surface area contributed by atoms with Gasteiger partial charge in [0.2, 0.25) is 0 Å². The van der Waals surface area contributed by atoms with Gasteiger partial charge in [-0.05, 0) is 18.6 Å². The normalized spacial score (nSPS) is 12.0. The van der Waals surface area contributed by atoms with E-state index in [2.05, 4.69) is 5.10 Å². The van der Waals surface area contributed by atoms with Gasteiger partial charge in [-0.2, -0.15) is 5.10 Å². The highest BCUT2D eigenvalue weighted by atomic mass is 35.5. The van der Waals surface area contributed by atoms with Crippen LogP contribution in [0.15, 0.2) is 65.6 Å². The number of nitrogens with zero attached hydrogens (tertiary/aromatic N) is 3. The van der Waals surface area contributed by atoms with Crippen molar-refractivity contribution in [1.82, 2.24) is 9.78 Å². The van der Waals surface area contributed by atoms with Crippen molar-refractivity contribution in [1.29, 1.82) is 0 Å². The van der Waals surface area contributed by atoms with Gasteiger partial charge in [-0.3, -0.25) is 4.79 Å². The van der Waals surface area contributed by atoms with Crippen LogP contribution in [0.1, 0.15) is 24.1 Å². The zero-order valence-electron chi connectivity index (χ0n) is 14.6. The van der Waals surface area contributed by atoms with Gasteiger partial charge in [-0.25, -0.2) is 9.07 Å². The van der Waals surface area contributed by atoms with E-state index in [0.717, 1.165) is 5.56 Å². The molecule has 0 bridgehead atoms. The molecule has 4 nitrogen and oxygen atoms in total. The van der Waals surface area contributed by atoms with Gasteiger partial charge in [0.15, 0.2) is 0 Å². The first-order chi connectivity index (χ1) is 12.5. The molecule has 26 heavy (non-hydrogen) atoms. The summed E-state index contributed by atoms with van der Waals surface area (Å²) < 4.78 is 15.4. The summed E-state index contributed by atoms with van der Waals surface area (Å²) in [6, 6.07) is 15.8. The Bertz CT molecular complexity index is 959. The lowest BCUT2D eigenvalue weighted by Gasteiger charge is -2.28. The molecule has 0 radical (unpaired) electrons. The molecule has 1 aromatic heterocycles. The van der Waals surface area contributed by atoms with E-state index in [4.69, 9.17) is 11.6 Å². The van der Waals surface area contributed by atoms with Gasteiger partial charge in [0.05, 0.1) is 24.5 Å². The highest BCUT2D eigenvalue weighted by Crippen LogP contribution is 2.29. The molecule has 0 saturated heterocycles. The maximum absolute atomic E-state index is 14.1. The highest BCUT2D eigenvalue weighted by molar-refractivity contribution is 6.33. The van der Waals surface area contributed by atoms with Crippen LogP contribution in [0.4, 0.5) is 10.1 Å². The summed E-state index contributed by atoms with van der Waals surface area (Å²) in [5.41, 5.74) is 1.58. The van der Waals surface area contributed by atoms with E-state index in [1.807, 2.05) is 37.3 Å². The molecule has 0 saturated carbocycles. The van der Waals surface area contributed by atoms with Crippen LogP contribution in [0, 0.1) is 5.82 Å². The molecule has 2 aromatic carbocycles. The molecule has 6 heteroatoms. The Balaban J connectivity index is 1.90. The summed E-state index contributed by atoms with van der Waals surface area (Å²) in [4.78, 5) is 14.3. The predicted molar refractivity (Wildman–Crippen MR) is 102 cm³/mol. The number of halogens is 2. The fraction of sp³-hybridized carbons (Fsp3) is 0.200. The zero-order chi connectivity index (χ0) is 18.7. The summed E-state index contributed by atoms with van der Waals surface area (Å²) in [5, 5.41) is 4.31. The third-order valence-electron chi connectivity index (χ3n) is 4.46. The minimum atomic E-state index is -0.374. The summed E-state index contributed by atoms with van der Waals surface area (Å²) in [6.45, 7) is 2.19. The summed E-state index contributed by atoms with van der Waals surface area (Å²) in [7, 11) is 1.76. The quantitative estimate of drug-likeness (QED) is 0.671. The Kier molecular flexibility index (Phi) is 5.38. The number of hydrogen-bond donors (Lipinski definition) is 0. The first kappa shape index (κ1) is 18.1. The van der Waals surface area contributed by atoms with Crippen LogP contribution in [-0.4, -0.2) is 16.8 Å². The molecule has 3 rings (SSSR count). The number of aromatic nitrogens is 2. The highest BCUT2D eigenvalue weighted by Gasteiger charge is 2.20. The first-order valence-corrected chi connectivity index (χ1v) is 8.63. The third kappa shape index (κ3) is 3.63. The van der Waals surface area contributed by atoms with E-state index in [9.17, 15) is 9.18 Å². The van der Waals surface area contributed by atoms with Crippen molar-refractivity contribution in [3.63, 3.8) is 0 Å². The Morgan fingerprint density at radius 2 is 1.81 bits per heavy atom. The molecule has 0 aliphatic rings. The van der Waals surface area contributed by atoms with Crippen LogP contribution in [0.25, 0.3) is 0 Å². The zero-order valence-corrected chi connectivity index (χ0v) is 15.3. The van der Waals surface area contributed by atoms with Crippen LogP contribution in [0.2, 0.25) is 5.02 Å². The average Bonchev–Trinajstić information content (AvgIpc) is 2.66. The van der Waals surface area contributed by atoms with Gasteiger partial charge in [0.25, 0.3) is 5.56 Å². The van der Waals surface area contributed by atoms with Gasteiger partial charge >= 0.3 is 0 Å². The molecule has 0 fully saturated rings. The van der Waals surface area contributed by atoms with Crippen molar-refractivity contribution in [3.8, 4) is 0 Å². The summed E-state index contributed by atoms with van der Waals surface area (Å²) in [5.74, 6) is -0.298. The molecule has 0 aliphatic carbocycles. The minimum Gasteiger partial charge on any atom is -0.365 e. The van der Waals surface area contributed by atoms with Crippen LogP contribution >= 0.6 is 11.6 Å². The number of benzene rings is 2. The lowest BCUT2D eigenvalue weighted by atomic mass is 10.1. The third-order valence-corrected chi connectivity index (χ3v) is 4.81. The summed E-state index contributed by atoms with van der Waals surface area (Å²) in [6.07, 6.45) is 1.55. The lowest BCUT2D eigenvalue weighted by Crippen LogP contribution is -2.29. The van der Waals surface area contributed by atoms with Gasteiger partial charge < -0.3 is 4.90 Å². The van der Waals surface area contributed by atoms with E-state index < -0.39 is 0 Å². The number of hydrogen-bond acceptors (Lipinski definition) is 3.